The first-order chi connectivity index (χ1) is 14.1. The van der Waals surface area contributed by atoms with Crippen LogP contribution >= 0.6 is 11.3 Å². The predicted molar refractivity (Wildman–Crippen MR) is 117 cm³/mol. The summed E-state index contributed by atoms with van der Waals surface area (Å²) in [5.74, 6) is 1.24. The van der Waals surface area contributed by atoms with Gasteiger partial charge in [-0.15, -0.1) is 11.3 Å². The number of amides is 1. The van der Waals surface area contributed by atoms with Gasteiger partial charge >= 0.3 is 0 Å². The van der Waals surface area contributed by atoms with Crippen LogP contribution in [0.25, 0.3) is 21.5 Å². The third-order valence-corrected chi connectivity index (χ3v) is 5.65. The summed E-state index contributed by atoms with van der Waals surface area (Å²) in [6.45, 7) is 0. The molecule has 1 amide bonds. The van der Waals surface area contributed by atoms with Crippen LogP contribution in [0.15, 0.2) is 60.7 Å². The number of nitrogens with two attached hydrogens (primary N) is 1. The Morgan fingerprint density at radius 2 is 1.55 bits per heavy atom. The van der Waals surface area contributed by atoms with Gasteiger partial charge in [-0.2, -0.15) is 0 Å². The average molecular weight is 405 g/mol. The van der Waals surface area contributed by atoms with Crippen LogP contribution < -0.4 is 20.5 Å². The second-order valence-corrected chi connectivity index (χ2v) is 7.30. The predicted octanol–water partition coefficient (Wildman–Crippen LogP) is 4.82. The summed E-state index contributed by atoms with van der Waals surface area (Å²) >= 11 is 1.28. The van der Waals surface area contributed by atoms with Gasteiger partial charge in [0.1, 0.15) is 21.2 Å². The Hall–Kier alpha value is -3.58. The van der Waals surface area contributed by atoms with E-state index in [9.17, 15) is 4.79 Å². The zero-order valence-corrected chi connectivity index (χ0v) is 16.7. The first kappa shape index (κ1) is 18.8. The standard InChI is InChI=1S/C22H19N3O3S/c1-27-15-7-3-13(4-8-15)18-12-11-17-19(23)20(29-22(17)25-18)21(26)24-14-5-9-16(28-2)10-6-14/h3-12H,23H2,1-2H3,(H,24,26). The molecule has 4 aromatic rings. The number of nitrogens with one attached hydrogen (secondary N) is 1. The number of nitrogen functional groups attached to an aromatic ring is 1. The summed E-state index contributed by atoms with van der Waals surface area (Å²) in [7, 11) is 3.23. The fraction of sp³-hybridized carbons (Fsp3) is 0.0909. The summed E-state index contributed by atoms with van der Waals surface area (Å²) in [6, 6.07) is 18.6. The Morgan fingerprint density at radius 3 is 2.17 bits per heavy atom. The van der Waals surface area contributed by atoms with E-state index in [0.29, 0.717) is 16.3 Å². The van der Waals surface area contributed by atoms with E-state index >= 15 is 0 Å². The second-order valence-electron chi connectivity index (χ2n) is 6.31. The second kappa shape index (κ2) is 7.81. The topological polar surface area (TPSA) is 86.5 Å². The van der Waals surface area contributed by atoms with Crippen molar-refractivity contribution in [3.8, 4) is 22.8 Å². The molecule has 0 aliphatic rings. The van der Waals surface area contributed by atoms with Crippen molar-refractivity contribution in [2.75, 3.05) is 25.3 Å². The van der Waals surface area contributed by atoms with Crippen LogP contribution in [0.4, 0.5) is 11.4 Å². The molecule has 2 heterocycles. The van der Waals surface area contributed by atoms with Crippen molar-refractivity contribution < 1.29 is 14.3 Å². The van der Waals surface area contributed by atoms with Gasteiger partial charge < -0.3 is 20.5 Å². The van der Waals surface area contributed by atoms with E-state index < -0.39 is 0 Å². The number of nitrogens with zero attached hydrogens (tertiary/aromatic N) is 1. The van der Waals surface area contributed by atoms with Crippen LogP contribution in [0.2, 0.25) is 0 Å². The molecule has 2 aromatic carbocycles. The zero-order chi connectivity index (χ0) is 20.4. The maximum atomic E-state index is 12.7. The number of hydrogen-bond acceptors (Lipinski definition) is 6. The van der Waals surface area contributed by atoms with Crippen LogP contribution in [0.5, 0.6) is 11.5 Å². The molecule has 3 N–H and O–H groups in total. The van der Waals surface area contributed by atoms with Crippen LogP contribution in [0.1, 0.15) is 9.67 Å². The fourth-order valence-electron chi connectivity index (χ4n) is 2.95. The zero-order valence-electron chi connectivity index (χ0n) is 15.9. The molecule has 0 spiro atoms. The van der Waals surface area contributed by atoms with Crippen molar-refractivity contribution in [2.45, 2.75) is 0 Å². The molecule has 2 aromatic heterocycles. The van der Waals surface area contributed by atoms with Crippen molar-refractivity contribution >= 4 is 38.8 Å². The van der Waals surface area contributed by atoms with E-state index in [1.165, 1.54) is 11.3 Å². The molecular formula is C22H19N3O3S. The van der Waals surface area contributed by atoms with Gasteiger partial charge in [-0.1, -0.05) is 0 Å². The number of benzene rings is 2. The molecule has 6 nitrogen and oxygen atoms in total. The first-order valence-corrected chi connectivity index (χ1v) is 9.69. The van der Waals surface area contributed by atoms with Crippen LogP contribution in [0.3, 0.4) is 0 Å². The van der Waals surface area contributed by atoms with Crippen LogP contribution in [-0.4, -0.2) is 25.1 Å². The number of thiophene rings is 1. The van der Waals surface area contributed by atoms with Gasteiger partial charge in [-0.05, 0) is 60.7 Å². The van der Waals surface area contributed by atoms with Gasteiger partial charge in [0, 0.05) is 16.6 Å². The number of ether oxygens (including phenoxy) is 2. The fourth-order valence-corrected chi connectivity index (χ4v) is 3.94. The van der Waals surface area contributed by atoms with Crippen molar-refractivity contribution in [1.82, 2.24) is 4.98 Å². The minimum Gasteiger partial charge on any atom is -0.497 e. The SMILES string of the molecule is COc1ccc(NC(=O)c2sc3nc(-c4ccc(OC)cc4)ccc3c2N)cc1. The summed E-state index contributed by atoms with van der Waals surface area (Å²) in [4.78, 5) is 18.6. The maximum absolute atomic E-state index is 12.7. The molecule has 0 fully saturated rings. The van der Waals surface area contributed by atoms with Gasteiger partial charge in [0.2, 0.25) is 0 Å². The van der Waals surface area contributed by atoms with Gasteiger partial charge in [0.05, 0.1) is 25.6 Å². The summed E-state index contributed by atoms with van der Waals surface area (Å²) in [5.41, 5.74) is 9.11. The van der Waals surface area contributed by atoms with Gasteiger partial charge in [0.25, 0.3) is 5.91 Å². The normalized spacial score (nSPS) is 10.7. The van der Waals surface area contributed by atoms with Crippen molar-refractivity contribution in [1.29, 1.82) is 0 Å². The summed E-state index contributed by atoms with van der Waals surface area (Å²) < 4.78 is 10.3. The molecule has 0 radical (unpaired) electrons. The minimum absolute atomic E-state index is 0.262. The highest BCUT2D eigenvalue weighted by Crippen LogP contribution is 2.35. The van der Waals surface area contributed by atoms with Gasteiger partial charge in [-0.25, -0.2) is 4.98 Å². The quantitative estimate of drug-likeness (QED) is 0.497. The molecule has 0 saturated heterocycles. The molecule has 7 heteroatoms. The molecule has 0 atom stereocenters. The molecular weight excluding hydrogens is 386 g/mol. The molecule has 0 aliphatic heterocycles. The van der Waals surface area contributed by atoms with E-state index in [1.54, 1.807) is 38.5 Å². The molecule has 29 heavy (non-hydrogen) atoms. The van der Waals surface area contributed by atoms with E-state index in [1.807, 2.05) is 36.4 Å². The number of carbonyl (C=O) groups excluding carboxylic acids is 1. The Morgan fingerprint density at radius 1 is 0.931 bits per heavy atom. The lowest BCUT2D eigenvalue weighted by molar-refractivity contribution is 0.103. The summed E-state index contributed by atoms with van der Waals surface area (Å²) in [6.07, 6.45) is 0. The van der Waals surface area contributed by atoms with Crippen molar-refractivity contribution in [3.63, 3.8) is 0 Å². The number of methoxy groups -OCH3 is 2. The monoisotopic (exact) mass is 405 g/mol. The highest BCUT2D eigenvalue weighted by molar-refractivity contribution is 7.21. The number of aromatic nitrogens is 1. The maximum Gasteiger partial charge on any atom is 0.267 e. The summed E-state index contributed by atoms with van der Waals surface area (Å²) in [5, 5.41) is 3.64. The lowest BCUT2D eigenvalue weighted by Gasteiger charge is -2.05. The Bertz CT molecular complexity index is 1170. The molecule has 146 valence electrons. The molecule has 4 rings (SSSR count). The largest absolute Gasteiger partial charge is 0.497 e. The molecule has 0 aliphatic carbocycles. The highest BCUT2D eigenvalue weighted by atomic mass is 32.1. The first-order valence-electron chi connectivity index (χ1n) is 8.88. The molecule has 0 bridgehead atoms. The number of carbonyl (C=O) groups is 1. The third kappa shape index (κ3) is 3.72. The van der Waals surface area contributed by atoms with E-state index in [4.69, 9.17) is 20.2 Å². The number of pyridine rings is 1. The smallest absolute Gasteiger partial charge is 0.267 e. The number of anilines is 2. The highest BCUT2D eigenvalue weighted by Gasteiger charge is 2.18. The number of hydrogen-bond donors (Lipinski definition) is 2. The average Bonchev–Trinajstić information content (AvgIpc) is 3.10. The van der Waals surface area contributed by atoms with Crippen molar-refractivity contribution in [2.24, 2.45) is 0 Å². The lowest BCUT2D eigenvalue weighted by Crippen LogP contribution is -2.11. The minimum atomic E-state index is -0.262. The Balaban J connectivity index is 1.62. The lowest BCUT2D eigenvalue weighted by atomic mass is 10.1. The number of fused-ring (bicyclic) bond motifs is 1. The molecule has 0 saturated carbocycles. The van der Waals surface area contributed by atoms with E-state index in [2.05, 4.69) is 5.32 Å². The van der Waals surface area contributed by atoms with Gasteiger partial charge in [-0.3, -0.25) is 4.79 Å². The Labute approximate surface area is 171 Å². The molecule has 0 unspecified atom stereocenters. The van der Waals surface area contributed by atoms with Crippen LogP contribution in [0, 0.1) is 0 Å². The third-order valence-electron chi connectivity index (χ3n) is 4.53. The number of rotatable bonds is 5. The van der Waals surface area contributed by atoms with Crippen LogP contribution in [-0.2, 0) is 0 Å². The van der Waals surface area contributed by atoms with Gasteiger partial charge in [0.15, 0.2) is 0 Å². The van der Waals surface area contributed by atoms with E-state index in [0.717, 1.165) is 33.0 Å². The van der Waals surface area contributed by atoms with E-state index in [-0.39, 0.29) is 5.91 Å². The Kier molecular flexibility index (Phi) is 5.05. The van der Waals surface area contributed by atoms with Crippen molar-refractivity contribution in [3.05, 3.63) is 65.5 Å².